The van der Waals surface area contributed by atoms with Crippen molar-refractivity contribution in [3.63, 3.8) is 0 Å². The van der Waals surface area contributed by atoms with Crippen LogP contribution in [0, 0.1) is 0 Å². The van der Waals surface area contributed by atoms with E-state index in [9.17, 15) is 9.59 Å². The summed E-state index contributed by atoms with van der Waals surface area (Å²) in [5, 5.41) is 2.52. The van der Waals surface area contributed by atoms with Crippen LogP contribution >= 0.6 is 0 Å². The Morgan fingerprint density at radius 3 is 2.38 bits per heavy atom. The Morgan fingerprint density at radius 2 is 1.81 bits per heavy atom. The number of hydrogen-bond acceptors (Lipinski definition) is 4. The van der Waals surface area contributed by atoms with Gasteiger partial charge in [0.2, 0.25) is 11.8 Å². The van der Waals surface area contributed by atoms with Crippen molar-refractivity contribution in [3.05, 3.63) is 35.9 Å². The third-order valence-corrected chi connectivity index (χ3v) is 3.01. The number of amides is 2. The second-order valence-electron chi connectivity index (χ2n) is 5.09. The monoisotopic (exact) mass is 292 g/mol. The topological polar surface area (TPSA) is 78.7 Å². The molecule has 0 bridgehead atoms. The fraction of sp³-hybridized carbons (Fsp3) is 0.467. The van der Waals surface area contributed by atoms with Crippen molar-refractivity contribution in [3.8, 4) is 0 Å². The Balaban J connectivity index is 2.62. The van der Waals surface area contributed by atoms with E-state index < -0.39 is 0 Å². The molecule has 0 saturated heterocycles. The van der Waals surface area contributed by atoms with Crippen LogP contribution in [0.25, 0.3) is 0 Å². The maximum absolute atomic E-state index is 12.2. The molecule has 0 aliphatic heterocycles. The molecular weight excluding hydrogens is 268 g/mol. The molecular formula is C15H24N4O2. The molecule has 3 N–H and O–H groups in total. The van der Waals surface area contributed by atoms with Gasteiger partial charge in [0.1, 0.15) is 0 Å². The normalized spacial score (nSPS) is 10.5. The number of nitrogens with zero attached hydrogens (tertiary/aromatic N) is 2. The van der Waals surface area contributed by atoms with Gasteiger partial charge >= 0.3 is 0 Å². The number of carbonyl (C=O) groups is 2. The zero-order valence-electron chi connectivity index (χ0n) is 12.7. The Morgan fingerprint density at radius 1 is 1.14 bits per heavy atom. The second-order valence-corrected chi connectivity index (χ2v) is 5.09. The van der Waals surface area contributed by atoms with Gasteiger partial charge in [0.15, 0.2) is 0 Å². The molecule has 0 heterocycles. The van der Waals surface area contributed by atoms with Crippen LogP contribution in [-0.2, 0) is 16.1 Å². The number of benzene rings is 1. The van der Waals surface area contributed by atoms with Gasteiger partial charge in [-0.05, 0) is 19.7 Å². The van der Waals surface area contributed by atoms with E-state index in [4.69, 9.17) is 5.73 Å². The third-order valence-electron chi connectivity index (χ3n) is 3.01. The lowest BCUT2D eigenvalue weighted by Gasteiger charge is -2.24. The zero-order valence-corrected chi connectivity index (χ0v) is 12.7. The highest BCUT2D eigenvalue weighted by atomic mass is 16.2. The summed E-state index contributed by atoms with van der Waals surface area (Å²) in [5.74, 6) is -0.432. The van der Waals surface area contributed by atoms with Gasteiger partial charge in [-0.3, -0.25) is 9.59 Å². The Kier molecular flexibility index (Phi) is 7.42. The van der Waals surface area contributed by atoms with Crippen molar-refractivity contribution in [1.29, 1.82) is 0 Å². The molecule has 1 aromatic rings. The van der Waals surface area contributed by atoms with Crippen LogP contribution in [0.2, 0.25) is 0 Å². The van der Waals surface area contributed by atoms with Gasteiger partial charge in [-0.2, -0.15) is 0 Å². The smallest absolute Gasteiger partial charge is 0.242 e. The summed E-state index contributed by atoms with van der Waals surface area (Å²) in [4.78, 5) is 27.1. The highest BCUT2D eigenvalue weighted by Gasteiger charge is 2.14. The summed E-state index contributed by atoms with van der Waals surface area (Å²) in [6.45, 7) is 1.79. The molecule has 0 aliphatic carbocycles. The second kappa shape index (κ2) is 9.10. The lowest BCUT2D eigenvalue weighted by atomic mass is 10.2. The first kappa shape index (κ1) is 17.1. The molecule has 6 nitrogen and oxygen atoms in total. The van der Waals surface area contributed by atoms with E-state index in [-0.39, 0.29) is 24.9 Å². The average Bonchev–Trinajstić information content (AvgIpc) is 2.49. The quantitative estimate of drug-likeness (QED) is 0.686. The minimum atomic E-state index is -0.323. The first-order valence-corrected chi connectivity index (χ1v) is 6.96. The van der Waals surface area contributed by atoms with Crippen LogP contribution in [-0.4, -0.2) is 61.9 Å². The highest BCUT2D eigenvalue weighted by molar-refractivity contribution is 5.85. The number of hydrogen-bond donors (Lipinski definition) is 2. The summed E-state index contributed by atoms with van der Waals surface area (Å²) in [6, 6.07) is 9.79. The average molecular weight is 292 g/mol. The van der Waals surface area contributed by atoms with Crippen molar-refractivity contribution in [2.24, 2.45) is 5.73 Å². The van der Waals surface area contributed by atoms with E-state index in [1.807, 2.05) is 49.3 Å². The van der Waals surface area contributed by atoms with Crippen LogP contribution in [0.4, 0.5) is 0 Å². The predicted octanol–water partition coefficient (Wildman–Crippen LogP) is -0.348. The van der Waals surface area contributed by atoms with Gasteiger partial charge in [0, 0.05) is 19.6 Å². The Labute approximate surface area is 125 Å². The standard InChI is InChI=1S/C15H24N4O2/c1-18(2)8-9-19(12-13-6-4-3-5-7-13)15(21)11-17-14(20)10-16/h3-7H,8-12,16H2,1-2H3,(H,17,20). The minimum Gasteiger partial charge on any atom is -0.346 e. The van der Waals surface area contributed by atoms with Gasteiger partial charge < -0.3 is 20.9 Å². The van der Waals surface area contributed by atoms with E-state index in [2.05, 4.69) is 5.32 Å². The van der Waals surface area contributed by atoms with E-state index in [0.717, 1.165) is 12.1 Å². The summed E-state index contributed by atoms with van der Waals surface area (Å²) < 4.78 is 0. The number of carbonyl (C=O) groups excluding carboxylic acids is 2. The molecule has 0 aliphatic rings. The molecule has 21 heavy (non-hydrogen) atoms. The first-order chi connectivity index (χ1) is 10.0. The molecule has 0 unspecified atom stereocenters. The van der Waals surface area contributed by atoms with Crippen LogP contribution in [0.15, 0.2) is 30.3 Å². The van der Waals surface area contributed by atoms with E-state index in [0.29, 0.717) is 13.1 Å². The molecule has 0 atom stereocenters. The molecule has 0 radical (unpaired) electrons. The molecule has 2 amide bonds. The number of rotatable bonds is 8. The van der Waals surface area contributed by atoms with Gasteiger partial charge in [-0.15, -0.1) is 0 Å². The highest BCUT2D eigenvalue weighted by Crippen LogP contribution is 2.04. The fourth-order valence-corrected chi connectivity index (χ4v) is 1.77. The Hall–Kier alpha value is -1.92. The van der Waals surface area contributed by atoms with E-state index in [1.165, 1.54) is 0 Å². The fourth-order valence-electron chi connectivity index (χ4n) is 1.77. The van der Waals surface area contributed by atoms with Crippen LogP contribution in [0.3, 0.4) is 0 Å². The molecule has 0 fully saturated rings. The molecule has 0 spiro atoms. The lowest BCUT2D eigenvalue weighted by molar-refractivity contribution is -0.133. The summed E-state index contributed by atoms with van der Waals surface area (Å²) in [6.07, 6.45) is 0. The van der Waals surface area contributed by atoms with Crippen LogP contribution < -0.4 is 11.1 Å². The van der Waals surface area contributed by atoms with E-state index in [1.54, 1.807) is 4.90 Å². The summed E-state index contributed by atoms with van der Waals surface area (Å²) in [5.41, 5.74) is 6.28. The van der Waals surface area contributed by atoms with Crippen LogP contribution in [0.1, 0.15) is 5.56 Å². The van der Waals surface area contributed by atoms with Crippen LogP contribution in [0.5, 0.6) is 0 Å². The molecule has 6 heteroatoms. The largest absolute Gasteiger partial charge is 0.346 e. The molecule has 116 valence electrons. The minimum absolute atomic E-state index is 0.0176. The maximum atomic E-state index is 12.2. The number of likely N-dealkylation sites (N-methyl/N-ethyl adjacent to an activating group) is 1. The molecule has 1 aromatic carbocycles. The Bertz CT molecular complexity index is 448. The molecule has 0 saturated carbocycles. The molecule has 1 rings (SSSR count). The van der Waals surface area contributed by atoms with Gasteiger partial charge in [-0.1, -0.05) is 30.3 Å². The first-order valence-electron chi connectivity index (χ1n) is 6.96. The van der Waals surface area contributed by atoms with Crippen molar-refractivity contribution in [2.75, 3.05) is 40.3 Å². The molecule has 0 aromatic heterocycles. The van der Waals surface area contributed by atoms with Crippen molar-refractivity contribution < 1.29 is 9.59 Å². The van der Waals surface area contributed by atoms with Gasteiger partial charge in [0.05, 0.1) is 13.1 Å². The van der Waals surface area contributed by atoms with E-state index >= 15 is 0 Å². The van der Waals surface area contributed by atoms with Crippen molar-refractivity contribution >= 4 is 11.8 Å². The maximum Gasteiger partial charge on any atom is 0.242 e. The van der Waals surface area contributed by atoms with Crippen molar-refractivity contribution in [1.82, 2.24) is 15.1 Å². The zero-order chi connectivity index (χ0) is 15.7. The SMILES string of the molecule is CN(C)CCN(Cc1ccccc1)C(=O)CNC(=O)CN. The van der Waals surface area contributed by atoms with Gasteiger partial charge in [0.25, 0.3) is 0 Å². The summed E-state index contributed by atoms with van der Waals surface area (Å²) >= 11 is 0. The predicted molar refractivity (Wildman–Crippen MR) is 82.5 cm³/mol. The van der Waals surface area contributed by atoms with Gasteiger partial charge in [-0.25, -0.2) is 0 Å². The number of nitrogens with two attached hydrogens (primary N) is 1. The number of nitrogens with one attached hydrogen (secondary N) is 1. The van der Waals surface area contributed by atoms with Crippen molar-refractivity contribution in [2.45, 2.75) is 6.54 Å². The lowest BCUT2D eigenvalue weighted by Crippen LogP contribution is -2.43. The third kappa shape index (κ3) is 6.87. The summed E-state index contributed by atoms with van der Waals surface area (Å²) in [7, 11) is 3.92.